The van der Waals surface area contributed by atoms with Crippen LogP contribution in [0.15, 0.2) is 18.2 Å². The minimum atomic E-state index is -0.984. The second-order valence-corrected chi connectivity index (χ2v) is 2.75. The van der Waals surface area contributed by atoms with E-state index in [9.17, 15) is 9.59 Å². The SMILES string of the molecule is CCOC(=O)C(=O)c1ccc(O)c(O)c1. The second-order valence-electron chi connectivity index (χ2n) is 2.75. The van der Waals surface area contributed by atoms with E-state index in [0.717, 1.165) is 12.1 Å². The average Bonchev–Trinajstić information content (AvgIpc) is 2.21. The number of phenols is 2. The molecule has 0 atom stereocenters. The molecule has 5 heteroatoms. The van der Waals surface area contributed by atoms with Crippen molar-refractivity contribution < 1.29 is 24.5 Å². The first-order chi connectivity index (χ1) is 7.06. The number of Topliss-reactive ketones (excluding diaryl/α,β-unsaturated/α-hetero) is 1. The molecule has 1 rings (SSSR count). The highest BCUT2D eigenvalue weighted by atomic mass is 16.5. The zero-order valence-corrected chi connectivity index (χ0v) is 8.06. The van der Waals surface area contributed by atoms with Gasteiger partial charge in [0, 0.05) is 5.56 Å². The molecule has 0 heterocycles. The predicted molar refractivity (Wildman–Crippen MR) is 50.7 cm³/mol. The zero-order valence-electron chi connectivity index (χ0n) is 8.06. The molecular formula is C10H10O5. The molecule has 0 amide bonds. The maximum atomic E-state index is 11.3. The summed E-state index contributed by atoms with van der Waals surface area (Å²) < 4.78 is 4.50. The van der Waals surface area contributed by atoms with E-state index in [4.69, 9.17) is 10.2 Å². The van der Waals surface area contributed by atoms with Crippen LogP contribution in [-0.4, -0.2) is 28.6 Å². The average molecular weight is 210 g/mol. The van der Waals surface area contributed by atoms with Crippen LogP contribution >= 0.6 is 0 Å². The molecule has 0 spiro atoms. The lowest BCUT2D eigenvalue weighted by Gasteiger charge is -2.02. The fourth-order valence-corrected chi connectivity index (χ4v) is 0.979. The maximum Gasteiger partial charge on any atom is 0.379 e. The summed E-state index contributed by atoms with van der Waals surface area (Å²) in [6.07, 6.45) is 0. The smallest absolute Gasteiger partial charge is 0.379 e. The van der Waals surface area contributed by atoms with E-state index in [2.05, 4.69) is 4.74 Å². The van der Waals surface area contributed by atoms with Crippen LogP contribution in [-0.2, 0) is 9.53 Å². The van der Waals surface area contributed by atoms with Crippen molar-refractivity contribution in [3.63, 3.8) is 0 Å². The normalized spacial score (nSPS) is 9.67. The first-order valence-electron chi connectivity index (χ1n) is 4.29. The third-order valence-electron chi connectivity index (χ3n) is 1.70. The summed E-state index contributed by atoms with van der Waals surface area (Å²) in [5, 5.41) is 18.1. The molecule has 0 unspecified atom stereocenters. The van der Waals surface area contributed by atoms with Crippen molar-refractivity contribution in [1.82, 2.24) is 0 Å². The summed E-state index contributed by atoms with van der Waals surface area (Å²) in [5.41, 5.74) is -0.0243. The number of phenolic OH excluding ortho intramolecular Hbond substituents is 2. The lowest BCUT2D eigenvalue weighted by molar-refractivity contribution is -0.137. The Labute approximate surface area is 85.9 Å². The number of rotatable bonds is 3. The van der Waals surface area contributed by atoms with Crippen LogP contribution in [0.5, 0.6) is 11.5 Å². The lowest BCUT2D eigenvalue weighted by atomic mass is 10.1. The van der Waals surface area contributed by atoms with Gasteiger partial charge in [-0.05, 0) is 25.1 Å². The Hall–Kier alpha value is -2.04. The van der Waals surface area contributed by atoms with Crippen molar-refractivity contribution in [2.75, 3.05) is 6.61 Å². The Morgan fingerprint density at radius 3 is 2.47 bits per heavy atom. The van der Waals surface area contributed by atoms with Crippen molar-refractivity contribution in [1.29, 1.82) is 0 Å². The van der Waals surface area contributed by atoms with Gasteiger partial charge < -0.3 is 14.9 Å². The molecule has 2 N–H and O–H groups in total. The van der Waals surface area contributed by atoms with Crippen LogP contribution in [0.1, 0.15) is 17.3 Å². The predicted octanol–water partition coefficient (Wildman–Crippen LogP) is 0.844. The minimum Gasteiger partial charge on any atom is -0.504 e. The van der Waals surface area contributed by atoms with Crippen LogP contribution in [0, 0.1) is 0 Å². The number of esters is 1. The number of hydrogen-bond acceptors (Lipinski definition) is 5. The van der Waals surface area contributed by atoms with Gasteiger partial charge >= 0.3 is 5.97 Å². The highest BCUT2D eigenvalue weighted by Crippen LogP contribution is 2.25. The second kappa shape index (κ2) is 4.45. The monoisotopic (exact) mass is 210 g/mol. The lowest BCUT2D eigenvalue weighted by Crippen LogP contribution is -2.17. The van der Waals surface area contributed by atoms with Crippen LogP contribution in [0.4, 0.5) is 0 Å². The number of carbonyl (C=O) groups excluding carboxylic acids is 2. The van der Waals surface area contributed by atoms with Gasteiger partial charge in [-0.15, -0.1) is 0 Å². The molecule has 0 saturated carbocycles. The van der Waals surface area contributed by atoms with Crippen LogP contribution < -0.4 is 0 Å². The summed E-state index contributed by atoms with van der Waals surface area (Å²) in [5.74, 6) is -2.64. The van der Waals surface area contributed by atoms with Gasteiger partial charge in [0.25, 0.3) is 5.78 Å². The van der Waals surface area contributed by atoms with E-state index in [-0.39, 0.29) is 17.9 Å². The van der Waals surface area contributed by atoms with Gasteiger partial charge in [0.05, 0.1) is 6.61 Å². The molecule has 0 radical (unpaired) electrons. The highest BCUT2D eigenvalue weighted by Gasteiger charge is 2.18. The van der Waals surface area contributed by atoms with Gasteiger partial charge in [-0.25, -0.2) is 4.79 Å². The van der Waals surface area contributed by atoms with Crippen LogP contribution in [0.25, 0.3) is 0 Å². The summed E-state index contributed by atoms with van der Waals surface area (Å²) >= 11 is 0. The van der Waals surface area contributed by atoms with Crippen molar-refractivity contribution in [3.8, 4) is 11.5 Å². The van der Waals surface area contributed by atoms with Gasteiger partial charge in [0.15, 0.2) is 11.5 Å². The molecule has 0 aliphatic heterocycles. The molecule has 0 fully saturated rings. The zero-order chi connectivity index (χ0) is 11.4. The molecule has 15 heavy (non-hydrogen) atoms. The quantitative estimate of drug-likeness (QED) is 0.334. The molecule has 0 saturated heterocycles. The first kappa shape index (κ1) is 11.0. The molecule has 0 aliphatic rings. The van der Waals surface area contributed by atoms with E-state index in [0.29, 0.717) is 0 Å². The van der Waals surface area contributed by atoms with E-state index in [1.807, 2.05) is 0 Å². The summed E-state index contributed by atoms with van der Waals surface area (Å²) in [6, 6.07) is 3.37. The number of benzene rings is 1. The van der Waals surface area contributed by atoms with Crippen molar-refractivity contribution in [2.45, 2.75) is 6.92 Å². The molecule has 80 valence electrons. The van der Waals surface area contributed by atoms with Gasteiger partial charge in [0.2, 0.25) is 0 Å². The summed E-state index contributed by atoms with van der Waals surface area (Å²) in [7, 11) is 0. The molecule has 0 aromatic heterocycles. The number of ether oxygens (including phenoxy) is 1. The van der Waals surface area contributed by atoms with Gasteiger partial charge in [0.1, 0.15) is 0 Å². The van der Waals surface area contributed by atoms with Crippen LogP contribution in [0.3, 0.4) is 0 Å². The van der Waals surface area contributed by atoms with Gasteiger partial charge in [-0.1, -0.05) is 0 Å². The Bertz CT molecular complexity index is 397. The number of ketones is 1. The maximum absolute atomic E-state index is 11.3. The van der Waals surface area contributed by atoms with Crippen molar-refractivity contribution >= 4 is 11.8 Å². The molecule has 1 aromatic carbocycles. The number of hydrogen-bond donors (Lipinski definition) is 2. The van der Waals surface area contributed by atoms with E-state index in [1.165, 1.54) is 6.07 Å². The van der Waals surface area contributed by atoms with Crippen LogP contribution in [0.2, 0.25) is 0 Å². The first-order valence-corrected chi connectivity index (χ1v) is 4.29. The number of aromatic hydroxyl groups is 2. The Balaban J connectivity index is 2.92. The highest BCUT2D eigenvalue weighted by molar-refractivity contribution is 6.40. The van der Waals surface area contributed by atoms with Gasteiger partial charge in [-0.3, -0.25) is 4.79 Å². The van der Waals surface area contributed by atoms with E-state index in [1.54, 1.807) is 6.92 Å². The number of carbonyl (C=O) groups is 2. The molecule has 5 nitrogen and oxygen atoms in total. The Kier molecular flexibility index (Phi) is 3.28. The molecule has 0 aliphatic carbocycles. The summed E-state index contributed by atoms with van der Waals surface area (Å²) in [4.78, 5) is 22.4. The van der Waals surface area contributed by atoms with Crippen molar-refractivity contribution in [3.05, 3.63) is 23.8 Å². The largest absolute Gasteiger partial charge is 0.504 e. The Morgan fingerprint density at radius 2 is 1.93 bits per heavy atom. The third-order valence-corrected chi connectivity index (χ3v) is 1.70. The van der Waals surface area contributed by atoms with E-state index < -0.39 is 17.5 Å². The fourth-order valence-electron chi connectivity index (χ4n) is 0.979. The van der Waals surface area contributed by atoms with Gasteiger partial charge in [-0.2, -0.15) is 0 Å². The third kappa shape index (κ3) is 2.46. The summed E-state index contributed by atoms with van der Waals surface area (Å²) in [6.45, 7) is 1.69. The standard InChI is InChI=1S/C10H10O5/c1-2-15-10(14)9(13)6-3-4-7(11)8(12)5-6/h3-5,11-12H,2H2,1H3. The minimum absolute atomic E-state index is 0.0243. The molecular weight excluding hydrogens is 200 g/mol. The topological polar surface area (TPSA) is 83.8 Å². The Morgan fingerprint density at radius 1 is 1.27 bits per heavy atom. The molecule has 0 bridgehead atoms. The molecule has 1 aromatic rings. The van der Waals surface area contributed by atoms with E-state index >= 15 is 0 Å². The van der Waals surface area contributed by atoms with Crippen molar-refractivity contribution in [2.24, 2.45) is 0 Å². The fraction of sp³-hybridized carbons (Fsp3) is 0.200.